The van der Waals surface area contributed by atoms with Crippen LogP contribution in [0.4, 0.5) is 11.4 Å². The van der Waals surface area contributed by atoms with Gasteiger partial charge in [0.25, 0.3) is 11.4 Å². The molecule has 1 aromatic rings. The SMILES string of the molecule is CC(=O)C1=C(C)NC2=C(C(=O)CC(C)(C)C2)C1c1ccc([N+](=O)[O-])cc1[N+](=O)[O-]. The first-order valence-electron chi connectivity index (χ1n) is 9.10. The van der Waals surface area contributed by atoms with E-state index in [4.69, 9.17) is 0 Å². The number of allylic oxidation sites excluding steroid dienone is 4. The number of carbonyl (C=O) groups is 2. The molecule has 0 radical (unpaired) electrons. The largest absolute Gasteiger partial charge is 0.362 e. The Hall–Kier alpha value is -3.36. The number of benzene rings is 1. The average Bonchev–Trinajstić information content (AvgIpc) is 2.58. The van der Waals surface area contributed by atoms with Crippen LogP contribution in [0.2, 0.25) is 0 Å². The second-order valence-electron chi connectivity index (χ2n) is 8.24. The summed E-state index contributed by atoms with van der Waals surface area (Å²) in [6, 6.07) is 3.32. The van der Waals surface area contributed by atoms with Crippen LogP contribution in [0.3, 0.4) is 0 Å². The topological polar surface area (TPSA) is 132 Å². The number of nitrogens with zero attached hydrogens (tertiary/aromatic N) is 2. The Bertz CT molecular complexity index is 1030. The molecule has 0 saturated carbocycles. The molecule has 9 nitrogen and oxygen atoms in total. The molecule has 152 valence electrons. The van der Waals surface area contributed by atoms with Crippen LogP contribution < -0.4 is 5.32 Å². The van der Waals surface area contributed by atoms with Crippen LogP contribution in [0.15, 0.2) is 40.7 Å². The first-order chi connectivity index (χ1) is 13.4. The van der Waals surface area contributed by atoms with Gasteiger partial charge >= 0.3 is 0 Å². The van der Waals surface area contributed by atoms with Crippen LogP contribution in [-0.2, 0) is 9.59 Å². The van der Waals surface area contributed by atoms with Gasteiger partial charge in [0.2, 0.25) is 0 Å². The van der Waals surface area contributed by atoms with Crippen LogP contribution in [0.5, 0.6) is 0 Å². The molecule has 1 N–H and O–H groups in total. The van der Waals surface area contributed by atoms with Gasteiger partial charge in [0.05, 0.1) is 21.8 Å². The standard InChI is InChI=1S/C20H21N3O6/c1-10-17(11(2)24)18(19-14(21-10)8-20(3,4)9-16(19)25)13-6-5-12(22(26)27)7-15(13)23(28)29/h5-7,18,21H,8-9H2,1-4H3. The summed E-state index contributed by atoms with van der Waals surface area (Å²) in [6.45, 7) is 6.95. The number of rotatable bonds is 4. The normalized spacial score (nSPS) is 20.8. The summed E-state index contributed by atoms with van der Waals surface area (Å²) < 4.78 is 0. The molecule has 1 aliphatic heterocycles. The Morgan fingerprint density at radius 1 is 1.17 bits per heavy atom. The maximum Gasteiger partial charge on any atom is 0.280 e. The minimum Gasteiger partial charge on any atom is -0.362 e. The van der Waals surface area contributed by atoms with Crippen molar-refractivity contribution in [3.05, 3.63) is 66.5 Å². The molecule has 0 aromatic heterocycles. The van der Waals surface area contributed by atoms with Crippen LogP contribution in [-0.4, -0.2) is 21.4 Å². The maximum atomic E-state index is 13.0. The zero-order valence-electron chi connectivity index (χ0n) is 16.6. The summed E-state index contributed by atoms with van der Waals surface area (Å²) in [5, 5.41) is 25.9. The molecule has 1 aliphatic carbocycles. The van der Waals surface area contributed by atoms with Gasteiger partial charge in [0.1, 0.15) is 0 Å². The Labute approximate surface area is 166 Å². The van der Waals surface area contributed by atoms with Crippen molar-refractivity contribution in [2.45, 2.75) is 46.5 Å². The minimum atomic E-state index is -0.937. The second-order valence-corrected chi connectivity index (χ2v) is 8.24. The number of dihydropyridines is 1. The molecule has 0 amide bonds. The molecule has 0 bridgehead atoms. The fourth-order valence-electron chi connectivity index (χ4n) is 4.26. The third kappa shape index (κ3) is 3.55. The summed E-state index contributed by atoms with van der Waals surface area (Å²) in [5.41, 5.74) is 0.666. The lowest BCUT2D eigenvalue weighted by Gasteiger charge is -2.39. The molecule has 29 heavy (non-hydrogen) atoms. The molecule has 2 aliphatic rings. The zero-order valence-corrected chi connectivity index (χ0v) is 16.6. The molecule has 0 spiro atoms. The number of nitro groups is 2. The van der Waals surface area contributed by atoms with E-state index in [1.54, 1.807) is 6.92 Å². The van der Waals surface area contributed by atoms with Gasteiger partial charge in [-0.2, -0.15) is 0 Å². The van der Waals surface area contributed by atoms with E-state index in [0.29, 0.717) is 23.4 Å². The second kappa shape index (κ2) is 6.91. The van der Waals surface area contributed by atoms with Crippen molar-refractivity contribution in [2.75, 3.05) is 0 Å². The predicted molar refractivity (Wildman–Crippen MR) is 104 cm³/mol. The van der Waals surface area contributed by atoms with Crippen molar-refractivity contribution in [2.24, 2.45) is 5.41 Å². The van der Waals surface area contributed by atoms with E-state index in [9.17, 15) is 29.8 Å². The number of nitro benzene ring substituents is 2. The Kier molecular flexibility index (Phi) is 4.86. The monoisotopic (exact) mass is 399 g/mol. The van der Waals surface area contributed by atoms with Crippen molar-refractivity contribution in [1.82, 2.24) is 5.32 Å². The molecule has 0 fully saturated rings. The van der Waals surface area contributed by atoms with Crippen LogP contribution >= 0.6 is 0 Å². The van der Waals surface area contributed by atoms with Gasteiger partial charge in [-0.25, -0.2) is 0 Å². The Morgan fingerprint density at radius 2 is 1.83 bits per heavy atom. The highest BCUT2D eigenvalue weighted by molar-refractivity contribution is 6.05. The predicted octanol–water partition coefficient (Wildman–Crippen LogP) is 3.70. The molecular weight excluding hydrogens is 378 g/mol. The zero-order chi connectivity index (χ0) is 21.7. The lowest BCUT2D eigenvalue weighted by atomic mass is 9.68. The van der Waals surface area contributed by atoms with Gasteiger partial charge in [-0.3, -0.25) is 29.8 Å². The van der Waals surface area contributed by atoms with Gasteiger partial charge in [0.15, 0.2) is 11.6 Å². The highest BCUT2D eigenvalue weighted by Gasteiger charge is 2.44. The van der Waals surface area contributed by atoms with Gasteiger partial charge in [-0.05, 0) is 31.7 Å². The first-order valence-corrected chi connectivity index (χ1v) is 9.10. The van der Waals surface area contributed by atoms with E-state index < -0.39 is 27.1 Å². The highest BCUT2D eigenvalue weighted by atomic mass is 16.6. The number of non-ortho nitro benzene ring substituents is 1. The quantitative estimate of drug-likeness (QED) is 0.603. The molecule has 1 heterocycles. The average molecular weight is 399 g/mol. The summed E-state index contributed by atoms with van der Waals surface area (Å²) in [5.74, 6) is -1.45. The van der Waals surface area contributed by atoms with Crippen molar-refractivity contribution in [3.63, 3.8) is 0 Å². The van der Waals surface area contributed by atoms with E-state index in [1.165, 1.54) is 13.0 Å². The van der Waals surface area contributed by atoms with E-state index in [1.807, 2.05) is 13.8 Å². The van der Waals surface area contributed by atoms with Gasteiger partial charge in [-0.1, -0.05) is 13.8 Å². The molecule has 1 atom stereocenters. The third-order valence-electron chi connectivity index (χ3n) is 5.35. The van der Waals surface area contributed by atoms with Gasteiger partial charge in [0, 0.05) is 40.6 Å². The van der Waals surface area contributed by atoms with Crippen LogP contribution in [0, 0.1) is 25.6 Å². The molecule has 1 aromatic carbocycles. The van der Waals surface area contributed by atoms with E-state index >= 15 is 0 Å². The van der Waals surface area contributed by atoms with Crippen molar-refractivity contribution in [3.8, 4) is 0 Å². The fourth-order valence-corrected chi connectivity index (χ4v) is 4.26. The number of Topliss-reactive ketones (excluding diaryl/α,β-unsaturated/α-hetero) is 2. The maximum absolute atomic E-state index is 13.0. The van der Waals surface area contributed by atoms with Crippen LogP contribution in [0.25, 0.3) is 0 Å². The summed E-state index contributed by atoms with van der Waals surface area (Å²) in [7, 11) is 0. The Balaban J connectivity index is 2.31. The molecular formula is C20H21N3O6. The summed E-state index contributed by atoms with van der Waals surface area (Å²) in [4.78, 5) is 46.9. The van der Waals surface area contributed by atoms with E-state index in [-0.39, 0.29) is 34.5 Å². The van der Waals surface area contributed by atoms with Gasteiger partial charge in [-0.15, -0.1) is 0 Å². The number of nitrogens with one attached hydrogen (secondary N) is 1. The smallest absolute Gasteiger partial charge is 0.280 e. The molecule has 0 saturated heterocycles. The van der Waals surface area contributed by atoms with Crippen molar-refractivity contribution < 1.29 is 19.4 Å². The van der Waals surface area contributed by atoms with E-state index in [2.05, 4.69) is 5.32 Å². The molecule has 9 heteroatoms. The fraction of sp³-hybridized carbons (Fsp3) is 0.400. The summed E-state index contributed by atoms with van der Waals surface area (Å²) >= 11 is 0. The number of carbonyl (C=O) groups excluding carboxylic acids is 2. The van der Waals surface area contributed by atoms with E-state index in [0.717, 1.165) is 12.1 Å². The number of hydrogen-bond acceptors (Lipinski definition) is 7. The lowest BCUT2D eigenvalue weighted by molar-refractivity contribution is -0.394. The van der Waals surface area contributed by atoms with Crippen molar-refractivity contribution >= 4 is 22.9 Å². The van der Waals surface area contributed by atoms with Crippen LogP contribution in [0.1, 0.15) is 52.0 Å². The molecule has 1 unspecified atom stereocenters. The lowest BCUT2D eigenvalue weighted by Crippen LogP contribution is -2.38. The third-order valence-corrected chi connectivity index (χ3v) is 5.35. The first kappa shape index (κ1) is 20.4. The molecule has 3 rings (SSSR count). The Morgan fingerprint density at radius 3 is 2.38 bits per heavy atom. The van der Waals surface area contributed by atoms with Gasteiger partial charge < -0.3 is 5.32 Å². The number of hydrogen-bond donors (Lipinski definition) is 1. The number of ketones is 2. The van der Waals surface area contributed by atoms with Crippen molar-refractivity contribution in [1.29, 1.82) is 0 Å². The minimum absolute atomic E-state index is 0.104. The summed E-state index contributed by atoms with van der Waals surface area (Å²) in [6.07, 6.45) is 0.795. The highest BCUT2D eigenvalue weighted by Crippen LogP contribution is 2.48.